The third-order valence-corrected chi connectivity index (χ3v) is 2.27. The van der Waals surface area contributed by atoms with Gasteiger partial charge >= 0.3 is 5.97 Å². The molecule has 0 radical (unpaired) electrons. The first kappa shape index (κ1) is 10.4. The minimum absolute atomic E-state index is 0.145. The Balaban J connectivity index is 2.17. The number of aromatic nitrogens is 1. The minimum Gasteiger partial charge on any atom is -0.477 e. The summed E-state index contributed by atoms with van der Waals surface area (Å²) in [4.78, 5) is 13.3. The van der Waals surface area contributed by atoms with Crippen molar-refractivity contribution in [3.05, 3.63) is 59.2 Å². The lowest BCUT2D eigenvalue weighted by Crippen LogP contribution is -1.94. The Morgan fingerprint density at radius 3 is 2.75 bits per heavy atom. The van der Waals surface area contributed by atoms with E-state index in [1.165, 1.54) is 12.1 Å². The van der Waals surface area contributed by atoms with Crippen molar-refractivity contribution in [3.63, 3.8) is 0 Å². The van der Waals surface area contributed by atoms with Crippen LogP contribution in [0.15, 0.2) is 36.5 Å². The molecule has 0 fully saturated rings. The van der Waals surface area contributed by atoms with Gasteiger partial charge in [-0.05, 0) is 35.7 Å². The van der Waals surface area contributed by atoms with E-state index in [9.17, 15) is 9.18 Å². The number of nitrogens with one attached hydrogen (secondary N) is 1. The predicted molar refractivity (Wildman–Crippen MR) is 57.0 cm³/mol. The van der Waals surface area contributed by atoms with Gasteiger partial charge in [-0.25, -0.2) is 9.18 Å². The summed E-state index contributed by atoms with van der Waals surface area (Å²) in [5.74, 6) is -1.28. The van der Waals surface area contributed by atoms with Gasteiger partial charge in [0.1, 0.15) is 11.5 Å². The number of benzene rings is 1. The van der Waals surface area contributed by atoms with Crippen LogP contribution in [0.5, 0.6) is 0 Å². The number of hydrogen-bond acceptors (Lipinski definition) is 1. The van der Waals surface area contributed by atoms with Crippen molar-refractivity contribution in [2.45, 2.75) is 6.42 Å². The van der Waals surface area contributed by atoms with Crippen LogP contribution in [0.3, 0.4) is 0 Å². The molecule has 0 amide bonds. The van der Waals surface area contributed by atoms with Crippen molar-refractivity contribution in [1.29, 1.82) is 0 Å². The van der Waals surface area contributed by atoms with E-state index in [0.29, 0.717) is 6.42 Å². The first-order chi connectivity index (χ1) is 7.65. The summed E-state index contributed by atoms with van der Waals surface area (Å²) < 4.78 is 12.9. The molecule has 2 rings (SSSR count). The van der Waals surface area contributed by atoms with Crippen molar-refractivity contribution < 1.29 is 14.3 Å². The quantitative estimate of drug-likeness (QED) is 0.833. The van der Waals surface area contributed by atoms with Gasteiger partial charge in [0.15, 0.2) is 0 Å². The number of carboxylic acids is 1. The van der Waals surface area contributed by atoms with Crippen molar-refractivity contribution in [1.82, 2.24) is 4.98 Å². The van der Waals surface area contributed by atoms with E-state index in [2.05, 4.69) is 4.98 Å². The predicted octanol–water partition coefficient (Wildman–Crippen LogP) is 2.44. The van der Waals surface area contributed by atoms with E-state index in [1.54, 1.807) is 24.4 Å². The molecular formula is C12H10FNO2. The van der Waals surface area contributed by atoms with Gasteiger partial charge in [0.25, 0.3) is 0 Å². The Morgan fingerprint density at radius 2 is 2.12 bits per heavy atom. The smallest absolute Gasteiger partial charge is 0.352 e. The molecule has 0 saturated carbocycles. The highest BCUT2D eigenvalue weighted by molar-refractivity contribution is 5.85. The van der Waals surface area contributed by atoms with Gasteiger partial charge in [-0.2, -0.15) is 0 Å². The van der Waals surface area contributed by atoms with E-state index in [1.807, 2.05) is 0 Å². The van der Waals surface area contributed by atoms with Crippen LogP contribution in [0.1, 0.15) is 21.6 Å². The second-order valence-corrected chi connectivity index (χ2v) is 3.53. The highest BCUT2D eigenvalue weighted by Crippen LogP contribution is 2.12. The lowest BCUT2D eigenvalue weighted by atomic mass is 10.1. The summed E-state index contributed by atoms with van der Waals surface area (Å²) in [7, 11) is 0. The Kier molecular flexibility index (Phi) is 2.72. The van der Waals surface area contributed by atoms with Gasteiger partial charge in [0, 0.05) is 6.20 Å². The number of aromatic amines is 1. The minimum atomic E-state index is -0.995. The van der Waals surface area contributed by atoms with Crippen molar-refractivity contribution in [2.75, 3.05) is 0 Å². The molecule has 1 aromatic heterocycles. The Labute approximate surface area is 91.5 Å². The van der Waals surface area contributed by atoms with Crippen molar-refractivity contribution >= 4 is 5.97 Å². The maximum atomic E-state index is 12.9. The average Bonchev–Trinajstić information content (AvgIpc) is 2.66. The third-order valence-electron chi connectivity index (χ3n) is 2.27. The molecule has 82 valence electrons. The molecule has 0 aliphatic carbocycles. The molecule has 16 heavy (non-hydrogen) atoms. The second-order valence-electron chi connectivity index (χ2n) is 3.53. The van der Waals surface area contributed by atoms with Crippen LogP contribution in [-0.2, 0) is 6.42 Å². The Bertz CT molecular complexity index is 519. The molecule has 3 nitrogen and oxygen atoms in total. The fraction of sp³-hybridized carbons (Fsp3) is 0.0833. The first-order valence-corrected chi connectivity index (χ1v) is 4.80. The standard InChI is InChI=1S/C12H10FNO2/c13-10-3-1-2-8(5-10)4-9-6-11(12(15)16)14-7-9/h1-3,5-7,14H,4H2,(H,15,16). The number of rotatable bonds is 3. The molecule has 0 unspecified atom stereocenters. The van der Waals surface area contributed by atoms with Gasteiger partial charge in [-0.1, -0.05) is 12.1 Å². The third kappa shape index (κ3) is 2.28. The topological polar surface area (TPSA) is 53.1 Å². The molecule has 0 aliphatic rings. The fourth-order valence-electron chi connectivity index (χ4n) is 1.55. The molecule has 1 heterocycles. The van der Waals surface area contributed by atoms with Crippen LogP contribution < -0.4 is 0 Å². The van der Waals surface area contributed by atoms with Gasteiger partial charge in [0.2, 0.25) is 0 Å². The molecule has 0 spiro atoms. The SMILES string of the molecule is O=C(O)c1cc(Cc2cccc(F)c2)c[nH]1. The van der Waals surface area contributed by atoms with Gasteiger partial charge in [-0.15, -0.1) is 0 Å². The van der Waals surface area contributed by atoms with Crippen molar-refractivity contribution in [3.8, 4) is 0 Å². The Hall–Kier alpha value is -2.10. The van der Waals surface area contributed by atoms with Crippen LogP contribution in [0.2, 0.25) is 0 Å². The molecule has 1 aromatic carbocycles. The number of halogens is 1. The molecule has 0 aliphatic heterocycles. The number of carbonyl (C=O) groups is 1. The van der Waals surface area contributed by atoms with Crippen LogP contribution >= 0.6 is 0 Å². The van der Waals surface area contributed by atoms with Crippen LogP contribution in [0.25, 0.3) is 0 Å². The van der Waals surface area contributed by atoms with Crippen LogP contribution in [-0.4, -0.2) is 16.1 Å². The summed E-state index contributed by atoms with van der Waals surface area (Å²) in [5.41, 5.74) is 1.78. The number of H-pyrrole nitrogens is 1. The van der Waals surface area contributed by atoms with Gasteiger partial charge < -0.3 is 10.1 Å². The van der Waals surface area contributed by atoms with Crippen LogP contribution in [0.4, 0.5) is 4.39 Å². The van der Waals surface area contributed by atoms with E-state index >= 15 is 0 Å². The van der Waals surface area contributed by atoms with Gasteiger partial charge in [-0.3, -0.25) is 0 Å². The largest absolute Gasteiger partial charge is 0.477 e. The zero-order chi connectivity index (χ0) is 11.5. The van der Waals surface area contributed by atoms with E-state index in [0.717, 1.165) is 11.1 Å². The summed E-state index contributed by atoms with van der Waals surface area (Å²) in [6.07, 6.45) is 2.13. The summed E-state index contributed by atoms with van der Waals surface area (Å²) in [5, 5.41) is 8.72. The van der Waals surface area contributed by atoms with Crippen molar-refractivity contribution in [2.24, 2.45) is 0 Å². The highest BCUT2D eigenvalue weighted by Gasteiger charge is 2.06. The molecule has 0 saturated heterocycles. The number of hydrogen-bond donors (Lipinski definition) is 2. The Morgan fingerprint density at radius 1 is 1.31 bits per heavy atom. The maximum absolute atomic E-state index is 12.9. The van der Waals surface area contributed by atoms with Gasteiger partial charge in [0.05, 0.1) is 0 Å². The summed E-state index contributed by atoms with van der Waals surface area (Å²) in [6, 6.07) is 7.80. The number of carboxylic acid groups (broad SMARTS) is 1. The molecular weight excluding hydrogens is 209 g/mol. The zero-order valence-corrected chi connectivity index (χ0v) is 8.40. The van der Waals surface area contributed by atoms with Crippen LogP contribution in [0, 0.1) is 5.82 Å². The molecule has 2 N–H and O–H groups in total. The normalized spacial score (nSPS) is 10.3. The summed E-state index contributed by atoms with van der Waals surface area (Å²) >= 11 is 0. The van der Waals surface area contributed by atoms with E-state index < -0.39 is 5.97 Å². The molecule has 0 atom stereocenters. The lowest BCUT2D eigenvalue weighted by Gasteiger charge is -1.98. The monoisotopic (exact) mass is 219 g/mol. The average molecular weight is 219 g/mol. The second kappa shape index (κ2) is 4.18. The molecule has 4 heteroatoms. The van der Waals surface area contributed by atoms with E-state index in [-0.39, 0.29) is 11.5 Å². The molecule has 2 aromatic rings. The van der Waals surface area contributed by atoms with E-state index in [4.69, 9.17) is 5.11 Å². The molecule has 0 bridgehead atoms. The maximum Gasteiger partial charge on any atom is 0.352 e. The summed E-state index contributed by atoms with van der Waals surface area (Å²) in [6.45, 7) is 0. The highest BCUT2D eigenvalue weighted by atomic mass is 19.1. The number of aromatic carboxylic acids is 1. The lowest BCUT2D eigenvalue weighted by molar-refractivity contribution is 0.0691. The zero-order valence-electron chi connectivity index (χ0n) is 8.40. The fourth-order valence-corrected chi connectivity index (χ4v) is 1.55. The first-order valence-electron chi connectivity index (χ1n) is 4.80.